The molecule has 104 valence electrons. The molecular weight excluding hydrogens is 282 g/mol. The third kappa shape index (κ3) is 3.75. The van der Waals surface area contributed by atoms with E-state index >= 15 is 0 Å². The molecule has 20 heavy (non-hydrogen) atoms. The second kappa shape index (κ2) is 6.62. The number of anilines is 1. The summed E-state index contributed by atoms with van der Waals surface area (Å²) in [5.74, 6) is -0.388. The number of methoxy groups -OCH3 is 1. The Kier molecular flexibility index (Phi) is 4.61. The molecule has 1 aromatic carbocycles. The first-order chi connectivity index (χ1) is 9.69. The Morgan fingerprint density at radius 2 is 2.25 bits per heavy atom. The predicted molar refractivity (Wildman–Crippen MR) is 71.8 cm³/mol. The Balaban J connectivity index is 1.99. The van der Waals surface area contributed by atoms with Gasteiger partial charge in [0.05, 0.1) is 25.0 Å². The number of aromatic nitrogens is 2. The van der Waals surface area contributed by atoms with Crippen LogP contribution in [0, 0.1) is 0 Å². The number of rotatable bonds is 5. The van der Waals surface area contributed by atoms with Crippen molar-refractivity contribution in [1.82, 2.24) is 8.75 Å². The largest absolute Gasteiger partial charge is 0.482 e. The molecule has 0 radical (unpaired) electrons. The van der Waals surface area contributed by atoms with Gasteiger partial charge in [0.1, 0.15) is 5.75 Å². The third-order valence-electron chi connectivity index (χ3n) is 2.27. The Hall–Kier alpha value is -2.48. The van der Waals surface area contributed by atoms with Gasteiger partial charge in [0.2, 0.25) is 0 Å². The van der Waals surface area contributed by atoms with Crippen molar-refractivity contribution in [3.63, 3.8) is 0 Å². The summed E-state index contributed by atoms with van der Waals surface area (Å²) in [5, 5.41) is 2.66. The van der Waals surface area contributed by atoms with Gasteiger partial charge in [-0.25, -0.2) is 4.79 Å². The van der Waals surface area contributed by atoms with Crippen LogP contribution in [0.2, 0.25) is 0 Å². The molecule has 0 spiro atoms. The highest BCUT2D eigenvalue weighted by molar-refractivity contribution is 6.99. The molecule has 0 saturated heterocycles. The van der Waals surface area contributed by atoms with Crippen molar-refractivity contribution in [3.05, 3.63) is 36.2 Å². The number of amides is 1. The number of nitrogens with zero attached hydrogens (tertiary/aromatic N) is 2. The van der Waals surface area contributed by atoms with Crippen LogP contribution in [0.3, 0.4) is 0 Å². The molecular formula is C12H11N3O4S. The van der Waals surface area contributed by atoms with Gasteiger partial charge in [0.25, 0.3) is 5.91 Å². The van der Waals surface area contributed by atoms with E-state index in [1.54, 1.807) is 24.3 Å². The lowest BCUT2D eigenvalue weighted by atomic mass is 10.3. The molecule has 1 heterocycles. The SMILES string of the molecule is COC(=O)COc1cccc(NC(=O)c2cnsn2)c1. The maximum absolute atomic E-state index is 11.8. The van der Waals surface area contributed by atoms with Crippen LogP contribution in [0.25, 0.3) is 0 Å². The maximum atomic E-state index is 11.8. The van der Waals surface area contributed by atoms with E-state index in [1.165, 1.54) is 13.3 Å². The first-order valence-corrected chi connectivity index (χ1v) is 6.30. The highest BCUT2D eigenvalue weighted by atomic mass is 32.1. The molecule has 0 bridgehead atoms. The number of esters is 1. The zero-order chi connectivity index (χ0) is 14.4. The van der Waals surface area contributed by atoms with E-state index in [0.29, 0.717) is 11.4 Å². The van der Waals surface area contributed by atoms with Gasteiger partial charge < -0.3 is 14.8 Å². The van der Waals surface area contributed by atoms with Gasteiger partial charge >= 0.3 is 5.97 Å². The van der Waals surface area contributed by atoms with Crippen LogP contribution in [-0.2, 0) is 9.53 Å². The Morgan fingerprint density at radius 1 is 1.40 bits per heavy atom. The molecule has 0 aliphatic heterocycles. The molecule has 0 aliphatic rings. The van der Waals surface area contributed by atoms with Gasteiger partial charge in [0, 0.05) is 11.8 Å². The second-order valence-corrected chi connectivity index (χ2v) is 4.20. The standard InChI is InChI=1S/C12H11N3O4S/c1-18-11(16)7-19-9-4-2-3-8(5-9)14-12(17)10-6-13-20-15-10/h2-6H,7H2,1H3,(H,14,17). The lowest BCUT2D eigenvalue weighted by Gasteiger charge is -2.07. The molecule has 7 nitrogen and oxygen atoms in total. The average molecular weight is 293 g/mol. The summed E-state index contributed by atoms with van der Waals surface area (Å²) in [5.41, 5.74) is 0.779. The molecule has 0 fully saturated rings. The van der Waals surface area contributed by atoms with Gasteiger partial charge in [-0.1, -0.05) is 6.07 Å². The summed E-state index contributed by atoms with van der Waals surface area (Å²) in [4.78, 5) is 22.7. The molecule has 0 unspecified atom stereocenters. The van der Waals surface area contributed by atoms with Gasteiger partial charge in [0.15, 0.2) is 12.3 Å². The highest BCUT2D eigenvalue weighted by Crippen LogP contribution is 2.18. The Labute approximate surface area is 118 Å². The van der Waals surface area contributed by atoms with Gasteiger partial charge in [-0.15, -0.1) is 0 Å². The summed E-state index contributed by atoms with van der Waals surface area (Å²) >= 11 is 0.959. The van der Waals surface area contributed by atoms with Crippen LogP contribution in [0.5, 0.6) is 5.75 Å². The predicted octanol–water partition coefficient (Wildman–Crippen LogP) is 1.34. The molecule has 0 atom stereocenters. The number of ether oxygens (including phenoxy) is 2. The minimum atomic E-state index is -0.479. The molecule has 1 aromatic heterocycles. The van der Waals surface area contributed by atoms with Gasteiger partial charge in [-0.05, 0) is 12.1 Å². The molecule has 2 aromatic rings. The average Bonchev–Trinajstić information content (AvgIpc) is 2.99. The van der Waals surface area contributed by atoms with E-state index in [2.05, 4.69) is 18.8 Å². The number of hydrogen-bond acceptors (Lipinski definition) is 7. The van der Waals surface area contributed by atoms with Crippen molar-refractivity contribution < 1.29 is 19.1 Å². The summed E-state index contributed by atoms with van der Waals surface area (Å²) in [6, 6.07) is 6.66. The fourth-order valence-corrected chi connectivity index (χ4v) is 1.74. The monoisotopic (exact) mass is 293 g/mol. The van der Waals surface area contributed by atoms with Crippen LogP contribution >= 0.6 is 11.7 Å². The van der Waals surface area contributed by atoms with Crippen LogP contribution in [0.1, 0.15) is 10.5 Å². The van der Waals surface area contributed by atoms with E-state index in [4.69, 9.17) is 4.74 Å². The van der Waals surface area contributed by atoms with Crippen LogP contribution in [0.4, 0.5) is 5.69 Å². The molecule has 1 amide bonds. The fourth-order valence-electron chi connectivity index (χ4n) is 1.32. The fraction of sp³-hybridized carbons (Fsp3) is 0.167. The highest BCUT2D eigenvalue weighted by Gasteiger charge is 2.09. The number of hydrogen-bond donors (Lipinski definition) is 1. The molecule has 0 saturated carbocycles. The summed E-state index contributed by atoms with van der Waals surface area (Å²) in [6.45, 7) is -0.191. The zero-order valence-corrected chi connectivity index (χ0v) is 11.3. The summed E-state index contributed by atoms with van der Waals surface area (Å²) in [6.07, 6.45) is 1.39. The zero-order valence-electron chi connectivity index (χ0n) is 10.5. The summed E-state index contributed by atoms with van der Waals surface area (Å²) < 4.78 is 17.3. The van der Waals surface area contributed by atoms with Crippen molar-refractivity contribution in [2.24, 2.45) is 0 Å². The summed E-state index contributed by atoms with van der Waals surface area (Å²) in [7, 11) is 1.28. The normalized spacial score (nSPS) is 9.85. The van der Waals surface area contributed by atoms with Gasteiger partial charge in [-0.3, -0.25) is 4.79 Å². The van der Waals surface area contributed by atoms with Crippen LogP contribution < -0.4 is 10.1 Å². The van der Waals surface area contributed by atoms with E-state index in [-0.39, 0.29) is 18.2 Å². The third-order valence-corrected chi connectivity index (χ3v) is 2.75. The van der Waals surface area contributed by atoms with Crippen molar-refractivity contribution in [2.75, 3.05) is 19.0 Å². The maximum Gasteiger partial charge on any atom is 0.343 e. The number of benzene rings is 1. The minimum Gasteiger partial charge on any atom is -0.482 e. The van der Waals surface area contributed by atoms with Crippen molar-refractivity contribution in [3.8, 4) is 5.75 Å². The van der Waals surface area contributed by atoms with Crippen LogP contribution in [-0.4, -0.2) is 34.3 Å². The van der Waals surface area contributed by atoms with Gasteiger partial charge in [-0.2, -0.15) is 8.75 Å². The van der Waals surface area contributed by atoms with E-state index < -0.39 is 5.97 Å². The van der Waals surface area contributed by atoms with Crippen molar-refractivity contribution in [2.45, 2.75) is 0 Å². The molecule has 1 N–H and O–H groups in total. The van der Waals surface area contributed by atoms with Crippen LogP contribution in [0.15, 0.2) is 30.5 Å². The molecule has 8 heteroatoms. The smallest absolute Gasteiger partial charge is 0.343 e. The van der Waals surface area contributed by atoms with E-state index in [0.717, 1.165) is 11.7 Å². The number of carbonyl (C=O) groups excluding carboxylic acids is 2. The molecule has 0 aliphatic carbocycles. The second-order valence-electron chi connectivity index (χ2n) is 3.64. The Morgan fingerprint density at radius 3 is 2.95 bits per heavy atom. The minimum absolute atomic E-state index is 0.191. The van der Waals surface area contributed by atoms with E-state index in [9.17, 15) is 9.59 Å². The van der Waals surface area contributed by atoms with Crippen molar-refractivity contribution >= 4 is 29.3 Å². The lowest BCUT2D eigenvalue weighted by Crippen LogP contribution is -2.14. The first kappa shape index (κ1) is 13.9. The quantitative estimate of drug-likeness (QED) is 0.837. The molecule has 2 rings (SSSR count). The van der Waals surface area contributed by atoms with E-state index in [1.807, 2.05) is 0 Å². The van der Waals surface area contributed by atoms with Crippen molar-refractivity contribution in [1.29, 1.82) is 0 Å². The number of carbonyl (C=O) groups is 2. The number of nitrogens with one attached hydrogen (secondary N) is 1. The first-order valence-electron chi connectivity index (χ1n) is 5.57. The Bertz CT molecular complexity index is 601. The lowest BCUT2D eigenvalue weighted by molar-refractivity contribution is -0.142. The topological polar surface area (TPSA) is 90.4 Å².